The Morgan fingerprint density at radius 1 is 1.53 bits per heavy atom. The van der Waals surface area contributed by atoms with Crippen molar-refractivity contribution in [2.45, 2.75) is 19.3 Å². The van der Waals surface area contributed by atoms with Crippen LogP contribution in [0, 0.1) is 5.92 Å². The maximum atomic E-state index is 10.6. The molecular weight excluding hydrogens is 218 g/mol. The van der Waals surface area contributed by atoms with Crippen LogP contribution in [0.25, 0.3) is 0 Å². The van der Waals surface area contributed by atoms with Gasteiger partial charge in [-0.3, -0.25) is 0 Å². The fraction of sp³-hybridized carbons (Fsp3) is 0.583. The minimum absolute atomic E-state index is 0.00881. The van der Waals surface area contributed by atoms with Gasteiger partial charge in [0.05, 0.1) is 5.69 Å². The Bertz CT molecular complexity index is 391. The highest BCUT2D eigenvalue weighted by molar-refractivity contribution is 5.84. The van der Waals surface area contributed by atoms with Crippen molar-refractivity contribution in [3.05, 3.63) is 23.5 Å². The van der Waals surface area contributed by atoms with E-state index < -0.39 is 5.97 Å². The van der Waals surface area contributed by atoms with Gasteiger partial charge in [0.25, 0.3) is 0 Å². The Labute approximate surface area is 100 Å². The highest BCUT2D eigenvalue weighted by Crippen LogP contribution is 2.18. The van der Waals surface area contributed by atoms with E-state index in [4.69, 9.17) is 5.11 Å². The molecule has 2 rings (SSSR count). The summed E-state index contributed by atoms with van der Waals surface area (Å²) in [5.41, 5.74) is 0.893. The SMILES string of the molecule is CN1CCC[C@H](Cc2ccc(C(=O)O)nn2)C1. The third kappa shape index (κ3) is 3.23. The van der Waals surface area contributed by atoms with Crippen LogP contribution in [-0.2, 0) is 6.42 Å². The second-order valence-corrected chi connectivity index (χ2v) is 4.69. The summed E-state index contributed by atoms with van der Waals surface area (Å²) in [6, 6.07) is 3.29. The van der Waals surface area contributed by atoms with Gasteiger partial charge >= 0.3 is 5.97 Å². The summed E-state index contributed by atoms with van der Waals surface area (Å²) in [5, 5.41) is 16.4. The van der Waals surface area contributed by atoms with Gasteiger partial charge in [-0.1, -0.05) is 0 Å². The van der Waals surface area contributed by atoms with Crippen molar-refractivity contribution in [1.82, 2.24) is 15.1 Å². The normalized spacial score (nSPS) is 21.4. The zero-order valence-corrected chi connectivity index (χ0v) is 9.96. The molecule has 17 heavy (non-hydrogen) atoms. The Morgan fingerprint density at radius 2 is 2.35 bits per heavy atom. The lowest BCUT2D eigenvalue weighted by atomic mass is 9.93. The van der Waals surface area contributed by atoms with Crippen LogP contribution < -0.4 is 0 Å². The molecule has 1 aromatic heterocycles. The molecular formula is C12H17N3O2. The van der Waals surface area contributed by atoms with E-state index in [0.717, 1.165) is 18.7 Å². The molecule has 92 valence electrons. The molecule has 0 aromatic carbocycles. The first kappa shape index (κ1) is 12.0. The molecule has 1 saturated heterocycles. The molecule has 5 heteroatoms. The van der Waals surface area contributed by atoms with E-state index in [1.54, 1.807) is 6.07 Å². The summed E-state index contributed by atoms with van der Waals surface area (Å²) in [6.07, 6.45) is 3.33. The molecule has 0 spiro atoms. The van der Waals surface area contributed by atoms with Crippen LogP contribution in [0.4, 0.5) is 0 Å². The van der Waals surface area contributed by atoms with E-state index in [1.807, 2.05) is 0 Å². The van der Waals surface area contributed by atoms with E-state index in [0.29, 0.717) is 5.92 Å². The maximum absolute atomic E-state index is 10.6. The summed E-state index contributed by atoms with van der Waals surface area (Å²) in [4.78, 5) is 13.0. The molecule has 1 N–H and O–H groups in total. The largest absolute Gasteiger partial charge is 0.476 e. The smallest absolute Gasteiger partial charge is 0.356 e. The van der Waals surface area contributed by atoms with E-state index in [-0.39, 0.29) is 5.69 Å². The minimum atomic E-state index is -1.03. The lowest BCUT2D eigenvalue weighted by Crippen LogP contribution is -2.33. The van der Waals surface area contributed by atoms with Crippen molar-refractivity contribution >= 4 is 5.97 Å². The standard InChI is InChI=1S/C12H17N3O2/c1-15-6-2-3-9(8-15)7-10-4-5-11(12(16)17)14-13-10/h4-5,9H,2-3,6-8H2,1H3,(H,16,17)/t9-/m1/s1. The summed E-state index contributed by atoms with van der Waals surface area (Å²) in [7, 11) is 2.13. The van der Waals surface area contributed by atoms with E-state index in [1.165, 1.54) is 25.5 Å². The first-order valence-electron chi connectivity index (χ1n) is 5.89. The third-order valence-corrected chi connectivity index (χ3v) is 3.16. The molecule has 2 heterocycles. The van der Waals surface area contributed by atoms with Crippen LogP contribution in [0.3, 0.4) is 0 Å². The van der Waals surface area contributed by atoms with E-state index in [2.05, 4.69) is 22.1 Å². The Kier molecular flexibility index (Phi) is 3.68. The van der Waals surface area contributed by atoms with Gasteiger partial charge in [-0.2, -0.15) is 5.10 Å². The van der Waals surface area contributed by atoms with Crippen LogP contribution in [0.2, 0.25) is 0 Å². The molecule has 0 amide bonds. The molecule has 5 nitrogen and oxygen atoms in total. The molecule has 1 aliphatic rings. The predicted octanol–water partition coefficient (Wildman–Crippen LogP) is 1.06. The molecule has 0 radical (unpaired) electrons. The fourth-order valence-electron chi connectivity index (χ4n) is 2.32. The van der Waals surface area contributed by atoms with Crippen molar-refractivity contribution in [3.8, 4) is 0 Å². The van der Waals surface area contributed by atoms with Gasteiger partial charge < -0.3 is 10.0 Å². The van der Waals surface area contributed by atoms with Crippen LogP contribution >= 0.6 is 0 Å². The van der Waals surface area contributed by atoms with Gasteiger partial charge in [0.15, 0.2) is 5.69 Å². The lowest BCUT2D eigenvalue weighted by molar-refractivity contribution is 0.0689. The molecule has 1 aromatic rings. The Hall–Kier alpha value is -1.49. The number of aromatic carboxylic acids is 1. The summed E-state index contributed by atoms with van der Waals surface area (Å²) in [6.45, 7) is 2.25. The van der Waals surface area contributed by atoms with Gasteiger partial charge in [-0.25, -0.2) is 4.79 Å². The van der Waals surface area contributed by atoms with Gasteiger partial charge in [-0.15, -0.1) is 5.10 Å². The molecule has 0 aliphatic carbocycles. The topological polar surface area (TPSA) is 66.3 Å². The van der Waals surface area contributed by atoms with Crippen LogP contribution in [-0.4, -0.2) is 46.3 Å². The third-order valence-electron chi connectivity index (χ3n) is 3.16. The number of nitrogens with zero attached hydrogens (tertiary/aromatic N) is 3. The monoisotopic (exact) mass is 235 g/mol. The molecule has 1 fully saturated rings. The number of aromatic nitrogens is 2. The number of hydrogen-bond acceptors (Lipinski definition) is 4. The number of carboxylic acids is 1. The average Bonchev–Trinajstić information content (AvgIpc) is 2.29. The number of likely N-dealkylation sites (tertiary alicyclic amines) is 1. The number of piperidine rings is 1. The average molecular weight is 235 g/mol. The van der Waals surface area contributed by atoms with Crippen molar-refractivity contribution in [2.24, 2.45) is 5.92 Å². The highest BCUT2D eigenvalue weighted by Gasteiger charge is 2.18. The zero-order chi connectivity index (χ0) is 12.3. The number of hydrogen-bond donors (Lipinski definition) is 1. The van der Waals surface area contributed by atoms with Gasteiger partial charge in [0.2, 0.25) is 0 Å². The Morgan fingerprint density at radius 3 is 2.94 bits per heavy atom. The zero-order valence-electron chi connectivity index (χ0n) is 9.96. The Balaban J connectivity index is 1.96. The van der Waals surface area contributed by atoms with E-state index >= 15 is 0 Å². The molecule has 0 unspecified atom stereocenters. The van der Waals surface area contributed by atoms with Crippen LogP contribution in [0.5, 0.6) is 0 Å². The molecule has 0 saturated carbocycles. The van der Waals surface area contributed by atoms with Crippen molar-refractivity contribution in [2.75, 3.05) is 20.1 Å². The first-order chi connectivity index (χ1) is 8.15. The number of carbonyl (C=O) groups is 1. The molecule has 1 atom stereocenters. The lowest BCUT2D eigenvalue weighted by Gasteiger charge is -2.29. The van der Waals surface area contributed by atoms with Crippen LogP contribution in [0.15, 0.2) is 12.1 Å². The number of rotatable bonds is 3. The predicted molar refractivity (Wildman–Crippen MR) is 62.9 cm³/mol. The van der Waals surface area contributed by atoms with Crippen molar-refractivity contribution in [3.63, 3.8) is 0 Å². The maximum Gasteiger partial charge on any atom is 0.356 e. The summed E-state index contributed by atoms with van der Waals surface area (Å²) < 4.78 is 0. The minimum Gasteiger partial charge on any atom is -0.476 e. The number of carboxylic acid groups (broad SMARTS) is 1. The van der Waals surface area contributed by atoms with E-state index in [9.17, 15) is 4.79 Å². The van der Waals surface area contributed by atoms with Crippen LogP contribution in [0.1, 0.15) is 29.0 Å². The quantitative estimate of drug-likeness (QED) is 0.848. The highest BCUT2D eigenvalue weighted by atomic mass is 16.4. The van der Waals surface area contributed by atoms with Crippen molar-refractivity contribution < 1.29 is 9.90 Å². The van der Waals surface area contributed by atoms with Crippen molar-refractivity contribution in [1.29, 1.82) is 0 Å². The van der Waals surface area contributed by atoms with Gasteiger partial charge in [0.1, 0.15) is 0 Å². The molecule has 1 aliphatic heterocycles. The second-order valence-electron chi connectivity index (χ2n) is 4.69. The fourth-order valence-corrected chi connectivity index (χ4v) is 2.32. The second kappa shape index (κ2) is 5.23. The summed E-state index contributed by atoms with van der Waals surface area (Å²) in [5.74, 6) is -0.417. The van der Waals surface area contributed by atoms with Gasteiger partial charge in [-0.05, 0) is 50.9 Å². The first-order valence-corrected chi connectivity index (χ1v) is 5.89. The molecule has 0 bridgehead atoms. The van der Waals surface area contributed by atoms with Gasteiger partial charge in [0, 0.05) is 6.54 Å². The summed E-state index contributed by atoms with van der Waals surface area (Å²) >= 11 is 0.